The van der Waals surface area contributed by atoms with Crippen LogP contribution in [0, 0.1) is 0 Å². The third-order valence-electron chi connectivity index (χ3n) is 6.23. The molecule has 7 heteroatoms. The van der Waals surface area contributed by atoms with Crippen molar-refractivity contribution in [1.29, 1.82) is 0 Å². The molecule has 172 valence electrons. The van der Waals surface area contributed by atoms with Gasteiger partial charge in [-0.15, -0.1) is 11.3 Å². The molecule has 2 N–H and O–H groups in total. The van der Waals surface area contributed by atoms with Gasteiger partial charge in [0.15, 0.2) is 5.82 Å². The number of aromatic nitrogens is 2. The number of hydrogen-bond acceptors (Lipinski definition) is 6. The molecular formula is C26H31N3O2SSi. The van der Waals surface area contributed by atoms with Crippen molar-refractivity contribution in [2.45, 2.75) is 45.3 Å². The smallest absolute Gasteiger partial charge is 0.250 e. The van der Waals surface area contributed by atoms with Gasteiger partial charge in [0.05, 0.1) is 10.2 Å². The molecule has 4 aromatic rings. The van der Waals surface area contributed by atoms with Crippen molar-refractivity contribution in [3.05, 3.63) is 66.5 Å². The lowest BCUT2D eigenvalue weighted by Crippen LogP contribution is -2.43. The fraction of sp³-hybridized carbons (Fsp3) is 0.308. The number of anilines is 2. The Labute approximate surface area is 200 Å². The molecule has 0 saturated heterocycles. The Morgan fingerprint density at radius 3 is 2.48 bits per heavy atom. The topological polar surface area (TPSA) is 67.3 Å². The number of nitrogens with one attached hydrogen (secondary N) is 1. The van der Waals surface area contributed by atoms with Crippen LogP contribution in [0.2, 0.25) is 18.1 Å². The maximum absolute atomic E-state index is 9.14. The SMILES string of the molecule is CC(C)(C)[Si](C)(C)Oc1cccc(Nc2ncnc3cc(-c4ccc(CCO)cc4)sc23)c1. The summed E-state index contributed by atoms with van der Waals surface area (Å²) in [5, 5.41) is 12.7. The van der Waals surface area contributed by atoms with E-state index in [9.17, 15) is 0 Å². The van der Waals surface area contributed by atoms with Gasteiger partial charge in [0.25, 0.3) is 0 Å². The third kappa shape index (κ3) is 5.26. The highest BCUT2D eigenvalue weighted by Crippen LogP contribution is 2.39. The summed E-state index contributed by atoms with van der Waals surface area (Å²) in [6.07, 6.45) is 2.27. The number of aliphatic hydroxyl groups excluding tert-OH is 1. The molecule has 0 spiro atoms. The maximum atomic E-state index is 9.14. The standard InChI is InChI=1S/C26H31N3O2SSi/c1-26(2,3)33(4,5)31-21-8-6-7-20(15-21)29-25-24-22(27-17-28-25)16-23(32-24)19-11-9-18(10-12-19)13-14-30/h6-12,15-17,30H,13-14H2,1-5H3,(H,27,28,29). The van der Waals surface area contributed by atoms with E-state index >= 15 is 0 Å². The molecule has 2 heterocycles. The van der Waals surface area contributed by atoms with Crippen LogP contribution in [0.5, 0.6) is 5.75 Å². The van der Waals surface area contributed by atoms with Crippen molar-refractivity contribution in [3.63, 3.8) is 0 Å². The Balaban J connectivity index is 1.60. The normalized spacial score (nSPS) is 12.2. The fourth-order valence-electron chi connectivity index (χ4n) is 3.27. The molecule has 0 fully saturated rings. The second kappa shape index (κ2) is 9.25. The molecule has 2 aromatic carbocycles. The van der Waals surface area contributed by atoms with Crippen LogP contribution in [-0.4, -0.2) is 30.0 Å². The van der Waals surface area contributed by atoms with Crippen molar-refractivity contribution in [3.8, 4) is 16.2 Å². The van der Waals surface area contributed by atoms with E-state index in [1.165, 1.54) is 0 Å². The van der Waals surface area contributed by atoms with Crippen LogP contribution < -0.4 is 9.74 Å². The van der Waals surface area contributed by atoms with Gasteiger partial charge in [-0.1, -0.05) is 51.1 Å². The minimum absolute atomic E-state index is 0.138. The van der Waals surface area contributed by atoms with Gasteiger partial charge in [0.1, 0.15) is 12.1 Å². The molecule has 0 atom stereocenters. The molecule has 33 heavy (non-hydrogen) atoms. The summed E-state index contributed by atoms with van der Waals surface area (Å²) in [6, 6.07) is 18.5. The predicted octanol–water partition coefficient (Wildman–Crippen LogP) is 7.02. The van der Waals surface area contributed by atoms with Crippen LogP contribution in [0.15, 0.2) is 60.9 Å². The maximum Gasteiger partial charge on any atom is 0.250 e. The Morgan fingerprint density at radius 2 is 1.79 bits per heavy atom. The Kier molecular flexibility index (Phi) is 6.56. The largest absolute Gasteiger partial charge is 0.543 e. The Morgan fingerprint density at radius 1 is 1.03 bits per heavy atom. The van der Waals surface area contributed by atoms with Gasteiger partial charge < -0.3 is 14.8 Å². The van der Waals surface area contributed by atoms with E-state index in [1.807, 2.05) is 24.3 Å². The first-order chi connectivity index (χ1) is 15.7. The van der Waals surface area contributed by atoms with Crippen molar-refractivity contribution in [2.24, 2.45) is 0 Å². The minimum atomic E-state index is -1.91. The van der Waals surface area contributed by atoms with Crippen molar-refractivity contribution < 1.29 is 9.53 Å². The van der Waals surface area contributed by atoms with E-state index < -0.39 is 8.32 Å². The molecule has 0 aliphatic rings. The lowest BCUT2D eigenvalue weighted by molar-refractivity contribution is 0.299. The first-order valence-electron chi connectivity index (χ1n) is 11.2. The van der Waals surface area contributed by atoms with E-state index in [0.29, 0.717) is 6.42 Å². The molecule has 0 unspecified atom stereocenters. The van der Waals surface area contributed by atoms with E-state index in [4.69, 9.17) is 9.53 Å². The number of rotatable bonds is 7. The summed E-state index contributed by atoms with van der Waals surface area (Å²) >= 11 is 1.67. The summed E-state index contributed by atoms with van der Waals surface area (Å²) in [6.45, 7) is 11.4. The average Bonchev–Trinajstić information content (AvgIpc) is 3.19. The zero-order valence-electron chi connectivity index (χ0n) is 19.8. The van der Waals surface area contributed by atoms with E-state index in [-0.39, 0.29) is 11.6 Å². The van der Waals surface area contributed by atoms with Crippen LogP contribution in [0.1, 0.15) is 26.3 Å². The zero-order chi connectivity index (χ0) is 23.6. The van der Waals surface area contributed by atoms with Crippen molar-refractivity contribution >= 4 is 41.4 Å². The van der Waals surface area contributed by atoms with Crippen LogP contribution in [0.4, 0.5) is 11.5 Å². The van der Waals surface area contributed by atoms with Gasteiger partial charge in [-0.2, -0.15) is 0 Å². The highest BCUT2D eigenvalue weighted by Gasteiger charge is 2.38. The van der Waals surface area contributed by atoms with Crippen LogP contribution in [0.3, 0.4) is 0 Å². The summed E-state index contributed by atoms with van der Waals surface area (Å²) in [7, 11) is -1.91. The summed E-state index contributed by atoms with van der Waals surface area (Å²) in [5.41, 5.74) is 4.12. The molecule has 2 aromatic heterocycles. The van der Waals surface area contributed by atoms with Gasteiger partial charge in [-0.3, -0.25) is 0 Å². The highest BCUT2D eigenvalue weighted by atomic mass is 32.1. The lowest BCUT2D eigenvalue weighted by Gasteiger charge is -2.36. The fourth-order valence-corrected chi connectivity index (χ4v) is 5.36. The number of thiophene rings is 1. The second-order valence-corrected chi connectivity index (χ2v) is 15.5. The molecular weight excluding hydrogens is 446 g/mol. The number of hydrogen-bond donors (Lipinski definition) is 2. The molecule has 0 bridgehead atoms. The van der Waals surface area contributed by atoms with Gasteiger partial charge in [0.2, 0.25) is 8.32 Å². The minimum Gasteiger partial charge on any atom is -0.543 e. The first kappa shape index (κ1) is 23.4. The lowest BCUT2D eigenvalue weighted by atomic mass is 10.1. The van der Waals surface area contributed by atoms with Crippen LogP contribution in [0.25, 0.3) is 20.7 Å². The van der Waals surface area contributed by atoms with Gasteiger partial charge >= 0.3 is 0 Å². The Bertz CT molecular complexity index is 1250. The summed E-state index contributed by atoms with van der Waals surface area (Å²) < 4.78 is 7.49. The van der Waals surface area contributed by atoms with Crippen molar-refractivity contribution in [2.75, 3.05) is 11.9 Å². The zero-order valence-corrected chi connectivity index (χ0v) is 21.7. The Hall–Kier alpha value is -2.74. The van der Waals surface area contributed by atoms with Crippen molar-refractivity contribution in [1.82, 2.24) is 9.97 Å². The highest BCUT2D eigenvalue weighted by molar-refractivity contribution is 7.22. The number of aliphatic hydroxyl groups is 1. The average molecular weight is 478 g/mol. The van der Waals surface area contributed by atoms with E-state index in [1.54, 1.807) is 17.7 Å². The molecule has 4 rings (SSSR count). The van der Waals surface area contributed by atoms with E-state index in [2.05, 4.69) is 79.5 Å². The quantitative estimate of drug-likeness (QED) is 0.280. The van der Waals surface area contributed by atoms with Crippen LogP contribution >= 0.6 is 11.3 Å². The molecule has 0 aliphatic heterocycles. The molecule has 0 amide bonds. The first-order valence-corrected chi connectivity index (χ1v) is 14.9. The molecule has 0 radical (unpaired) electrons. The monoisotopic (exact) mass is 477 g/mol. The molecule has 0 saturated carbocycles. The van der Waals surface area contributed by atoms with Gasteiger partial charge in [0, 0.05) is 23.2 Å². The summed E-state index contributed by atoms with van der Waals surface area (Å²) in [4.78, 5) is 10.1. The van der Waals surface area contributed by atoms with E-state index in [0.717, 1.165) is 43.5 Å². The molecule has 0 aliphatic carbocycles. The number of nitrogens with zero attached hydrogens (tertiary/aromatic N) is 2. The number of benzene rings is 2. The van der Waals surface area contributed by atoms with Gasteiger partial charge in [-0.05, 0) is 53.9 Å². The van der Waals surface area contributed by atoms with Gasteiger partial charge in [-0.25, -0.2) is 9.97 Å². The number of fused-ring (bicyclic) bond motifs is 1. The third-order valence-corrected chi connectivity index (χ3v) is 11.8. The summed E-state index contributed by atoms with van der Waals surface area (Å²) in [5.74, 6) is 1.67. The second-order valence-electron chi connectivity index (χ2n) is 9.73. The molecule has 5 nitrogen and oxygen atoms in total. The predicted molar refractivity (Wildman–Crippen MR) is 141 cm³/mol. The van der Waals surface area contributed by atoms with Crippen LogP contribution in [-0.2, 0) is 6.42 Å².